The highest BCUT2D eigenvalue weighted by molar-refractivity contribution is 7.97. The monoisotopic (exact) mass is 257 g/mol. The van der Waals surface area contributed by atoms with Gasteiger partial charge in [-0.15, -0.1) is 0 Å². The minimum Gasteiger partial charge on any atom is -0.316 e. The van der Waals surface area contributed by atoms with Crippen molar-refractivity contribution >= 4 is 11.9 Å². The van der Waals surface area contributed by atoms with E-state index in [9.17, 15) is 0 Å². The van der Waals surface area contributed by atoms with Gasteiger partial charge in [-0.25, -0.2) is 0 Å². The van der Waals surface area contributed by atoms with Gasteiger partial charge in [-0.3, -0.25) is 4.72 Å². The average Bonchev–Trinajstić information content (AvgIpc) is 2.85. The smallest absolute Gasteiger partial charge is 0.00878 e. The number of piperidine rings is 1. The molecule has 0 aromatic rings. The van der Waals surface area contributed by atoms with Crippen LogP contribution < -0.4 is 10.0 Å². The maximum Gasteiger partial charge on any atom is 0.00878 e. The number of hydrogen-bond donors (Lipinski definition) is 2. The molecule has 0 spiro atoms. The molecule has 100 valence electrons. The van der Waals surface area contributed by atoms with Gasteiger partial charge in [0.2, 0.25) is 0 Å². The summed E-state index contributed by atoms with van der Waals surface area (Å²) in [6.45, 7) is 9.86. The molecule has 0 aromatic heterocycles. The maximum absolute atomic E-state index is 3.48. The zero-order valence-electron chi connectivity index (χ0n) is 11.1. The molecule has 0 saturated carbocycles. The van der Waals surface area contributed by atoms with Crippen LogP contribution in [0, 0.1) is 11.8 Å². The van der Waals surface area contributed by atoms with Crippen LogP contribution in [0.1, 0.15) is 26.2 Å². The molecule has 17 heavy (non-hydrogen) atoms. The summed E-state index contributed by atoms with van der Waals surface area (Å²) in [6, 6.07) is 0. The van der Waals surface area contributed by atoms with Gasteiger partial charge in [0.15, 0.2) is 0 Å². The van der Waals surface area contributed by atoms with Crippen molar-refractivity contribution in [2.45, 2.75) is 26.2 Å². The number of likely N-dealkylation sites (tertiary alicyclic amines) is 1. The average molecular weight is 257 g/mol. The van der Waals surface area contributed by atoms with Gasteiger partial charge in [-0.2, -0.15) is 0 Å². The van der Waals surface area contributed by atoms with Crippen LogP contribution in [0.15, 0.2) is 0 Å². The fraction of sp³-hybridized carbons (Fsp3) is 1.00. The molecule has 2 fully saturated rings. The van der Waals surface area contributed by atoms with Crippen molar-refractivity contribution in [3.8, 4) is 0 Å². The lowest BCUT2D eigenvalue weighted by atomic mass is 9.96. The molecule has 0 bridgehead atoms. The highest BCUT2D eigenvalue weighted by Gasteiger charge is 2.22. The van der Waals surface area contributed by atoms with E-state index in [0.717, 1.165) is 11.8 Å². The molecule has 3 nitrogen and oxygen atoms in total. The quantitative estimate of drug-likeness (QED) is 0.558. The molecule has 2 N–H and O–H groups in total. The van der Waals surface area contributed by atoms with E-state index in [1.54, 1.807) is 0 Å². The lowest BCUT2D eigenvalue weighted by molar-refractivity contribution is 0.165. The molecular formula is C13H27N3S. The summed E-state index contributed by atoms with van der Waals surface area (Å²) in [5, 5.41) is 3.47. The zero-order chi connectivity index (χ0) is 11.9. The van der Waals surface area contributed by atoms with E-state index in [4.69, 9.17) is 0 Å². The Kier molecular flexibility index (Phi) is 6.12. The normalized spacial score (nSPS) is 27.7. The molecule has 2 saturated heterocycles. The second-order valence-electron chi connectivity index (χ2n) is 5.38. The molecule has 2 aliphatic rings. The number of nitrogens with zero attached hydrogens (tertiary/aromatic N) is 1. The van der Waals surface area contributed by atoms with E-state index in [0.29, 0.717) is 0 Å². The van der Waals surface area contributed by atoms with Crippen molar-refractivity contribution < 1.29 is 0 Å². The van der Waals surface area contributed by atoms with E-state index in [1.165, 1.54) is 64.3 Å². The third kappa shape index (κ3) is 4.78. The van der Waals surface area contributed by atoms with Gasteiger partial charge in [0.05, 0.1) is 0 Å². The lowest BCUT2D eigenvalue weighted by Crippen LogP contribution is -2.39. The molecule has 4 heteroatoms. The third-order valence-corrected chi connectivity index (χ3v) is 4.66. The Hall–Kier alpha value is 0.230. The van der Waals surface area contributed by atoms with Crippen LogP contribution in [0.3, 0.4) is 0 Å². The van der Waals surface area contributed by atoms with Crippen molar-refractivity contribution in [2.24, 2.45) is 11.8 Å². The topological polar surface area (TPSA) is 27.3 Å². The predicted molar refractivity (Wildman–Crippen MR) is 76.3 cm³/mol. The molecule has 2 rings (SSSR count). The van der Waals surface area contributed by atoms with Crippen LogP contribution in [-0.4, -0.2) is 49.9 Å². The number of hydrogen-bond acceptors (Lipinski definition) is 4. The molecule has 0 unspecified atom stereocenters. The first kappa shape index (κ1) is 13.7. The van der Waals surface area contributed by atoms with Gasteiger partial charge in [-0.05, 0) is 57.3 Å². The van der Waals surface area contributed by atoms with Crippen molar-refractivity contribution in [1.82, 2.24) is 14.9 Å². The minimum atomic E-state index is 0.909. The zero-order valence-corrected chi connectivity index (χ0v) is 11.9. The van der Waals surface area contributed by atoms with Crippen molar-refractivity contribution in [3.63, 3.8) is 0 Å². The van der Waals surface area contributed by atoms with Crippen LogP contribution >= 0.6 is 11.9 Å². The first-order valence-corrected chi connectivity index (χ1v) is 8.14. The predicted octanol–water partition coefficient (Wildman–Crippen LogP) is 1.57. The molecule has 0 radical (unpaired) electrons. The highest BCUT2D eigenvalue weighted by atomic mass is 32.2. The highest BCUT2D eigenvalue weighted by Crippen LogP contribution is 2.19. The van der Waals surface area contributed by atoms with Gasteiger partial charge in [0.1, 0.15) is 0 Å². The van der Waals surface area contributed by atoms with Crippen LogP contribution in [0.2, 0.25) is 0 Å². The summed E-state index contributed by atoms with van der Waals surface area (Å²) >= 11 is 1.86. The standard InChI is InChI=1S/C13H27N3S/c1-2-17-15-10-12-4-7-16(8-5-12)11-13-3-6-14-9-13/h12-15H,2-11H2,1H3/t13-/m1/s1. The Morgan fingerprint density at radius 2 is 2.06 bits per heavy atom. The van der Waals surface area contributed by atoms with Crippen molar-refractivity contribution in [1.29, 1.82) is 0 Å². The Balaban J connectivity index is 1.57. The Morgan fingerprint density at radius 3 is 2.71 bits per heavy atom. The second kappa shape index (κ2) is 7.62. The molecule has 0 aromatic carbocycles. The summed E-state index contributed by atoms with van der Waals surface area (Å²) in [6.07, 6.45) is 4.16. The largest absolute Gasteiger partial charge is 0.316 e. The van der Waals surface area contributed by atoms with Gasteiger partial charge < -0.3 is 10.2 Å². The van der Waals surface area contributed by atoms with E-state index in [1.807, 2.05) is 11.9 Å². The first-order chi connectivity index (χ1) is 8.38. The van der Waals surface area contributed by atoms with Crippen LogP contribution in [-0.2, 0) is 0 Å². The maximum atomic E-state index is 3.48. The van der Waals surface area contributed by atoms with Gasteiger partial charge >= 0.3 is 0 Å². The lowest BCUT2D eigenvalue weighted by Gasteiger charge is -2.33. The van der Waals surface area contributed by atoms with Crippen molar-refractivity contribution in [2.75, 3.05) is 45.0 Å². The molecule has 1 atom stereocenters. The SMILES string of the molecule is CCSNCC1CCN(C[C@@H]2CCNC2)CC1. The van der Waals surface area contributed by atoms with E-state index in [-0.39, 0.29) is 0 Å². The molecule has 0 amide bonds. The Bertz CT molecular complexity index is 199. The van der Waals surface area contributed by atoms with E-state index in [2.05, 4.69) is 21.9 Å². The molecule has 2 aliphatic heterocycles. The summed E-state index contributed by atoms with van der Waals surface area (Å²) in [5.74, 6) is 3.00. The Labute approximate surface area is 110 Å². The molecule has 0 aliphatic carbocycles. The molecule has 2 heterocycles. The molecular weight excluding hydrogens is 230 g/mol. The first-order valence-electron chi connectivity index (χ1n) is 7.16. The van der Waals surface area contributed by atoms with Gasteiger partial charge in [-0.1, -0.05) is 18.9 Å². The summed E-state index contributed by atoms with van der Waals surface area (Å²) < 4.78 is 3.48. The minimum absolute atomic E-state index is 0.909. The summed E-state index contributed by atoms with van der Waals surface area (Å²) in [7, 11) is 0. The number of rotatable bonds is 6. The fourth-order valence-electron chi connectivity index (χ4n) is 2.89. The van der Waals surface area contributed by atoms with Crippen LogP contribution in [0.25, 0.3) is 0 Å². The van der Waals surface area contributed by atoms with E-state index < -0.39 is 0 Å². The second-order valence-corrected chi connectivity index (χ2v) is 6.54. The van der Waals surface area contributed by atoms with Gasteiger partial charge in [0.25, 0.3) is 0 Å². The van der Waals surface area contributed by atoms with Crippen LogP contribution in [0.5, 0.6) is 0 Å². The van der Waals surface area contributed by atoms with Gasteiger partial charge in [0, 0.05) is 18.8 Å². The Morgan fingerprint density at radius 1 is 1.24 bits per heavy atom. The number of nitrogens with one attached hydrogen (secondary N) is 2. The summed E-state index contributed by atoms with van der Waals surface area (Å²) in [4.78, 5) is 2.68. The van der Waals surface area contributed by atoms with Crippen molar-refractivity contribution in [3.05, 3.63) is 0 Å². The fourth-order valence-corrected chi connectivity index (χ4v) is 3.45. The third-order valence-electron chi connectivity index (χ3n) is 4.00. The summed E-state index contributed by atoms with van der Waals surface area (Å²) in [5.41, 5.74) is 0. The van der Waals surface area contributed by atoms with Crippen LogP contribution in [0.4, 0.5) is 0 Å². The van der Waals surface area contributed by atoms with E-state index >= 15 is 0 Å².